The standard InChI is InChI=1S/C23H23N5O/c1-17-21(23(29)26(2)16-20-14-15-24-27(20)3)22(18-10-6-4-7-11-18)25-28(17)19-12-8-5-9-13-19/h4-15H,16H2,1-3H3. The van der Waals surface area contributed by atoms with Gasteiger partial charge in [-0.05, 0) is 25.1 Å². The quantitative estimate of drug-likeness (QED) is 0.524. The van der Waals surface area contributed by atoms with Gasteiger partial charge >= 0.3 is 0 Å². The maximum Gasteiger partial charge on any atom is 0.258 e. The SMILES string of the molecule is Cc1c(C(=O)N(C)Cc2ccnn2C)c(-c2ccccc2)nn1-c1ccccc1. The van der Waals surface area contributed by atoms with E-state index in [1.807, 2.05) is 92.4 Å². The van der Waals surface area contributed by atoms with Crippen LogP contribution in [0, 0.1) is 6.92 Å². The molecule has 4 aromatic rings. The van der Waals surface area contributed by atoms with Crippen molar-refractivity contribution in [1.29, 1.82) is 0 Å². The second-order valence-corrected chi connectivity index (χ2v) is 7.03. The lowest BCUT2D eigenvalue weighted by Crippen LogP contribution is -2.28. The molecule has 146 valence electrons. The Morgan fingerprint density at radius 2 is 1.66 bits per heavy atom. The number of amides is 1. The third-order valence-corrected chi connectivity index (χ3v) is 5.05. The van der Waals surface area contributed by atoms with Crippen molar-refractivity contribution in [2.45, 2.75) is 13.5 Å². The first-order chi connectivity index (χ1) is 14.1. The van der Waals surface area contributed by atoms with Crippen molar-refractivity contribution in [2.24, 2.45) is 7.05 Å². The van der Waals surface area contributed by atoms with E-state index in [0.29, 0.717) is 17.8 Å². The van der Waals surface area contributed by atoms with Gasteiger partial charge in [0.2, 0.25) is 0 Å². The number of carbonyl (C=O) groups excluding carboxylic acids is 1. The molecular formula is C23H23N5O. The smallest absolute Gasteiger partial charge is 0.258 e. The Bertz CT molecular complexity index is 1130. The summed E-state index contributed by atoms with van der Waals surface area (Å²) >= 11 is 0. The van der Waals surface area contributed by atoms with E-state index in [-0.39, 0.29) is 5.91 Å². The van der Waals surface area contributed by atoms with E-state index >= 15 is 0 Å². The van der Waals surface area contributed by atoms with E-state index in [1.165, 1.54) is 0 Å². The van der Waals surface area contributed by atoms with Crippen LogP contribution in [0.4, 0.5) is 0 Å². The van der Waals surface area contributed by atoms with Crippen molar-refractivity contribution in [3.8, 4) is 16.9 Å². The predicted octanol–water partition coefficient (Wildman–Crippen LogP) is 3.85. The van der Waals surface area contributed by atoms with Crippen molar-refractivity contribution in [3.05, 3.63) is 89.9 Å². The van der Waals surface area contributed by atoms with Gasteiger partial charge in [0.05, 0.1) is 29.2 Å². The molecule has 2 aromatic carbocycles. The molecule has 1 amide bonds. The fraction of sp³-hybridized carbons (Fsp3) is 0.174. The molecule has 0 atom stereocenters. The van der Waals surface area contributed by atoms with E-state index in [0.717, 1.165) is 22.6 Å². The summed E-state index contributed by atoms with van der Waals surface area (Å²) in [5, 5.41) is 9.01. The van der Waals surface area contributed by atoms with Gasteiger partial charge in [0.1, 0.15) is 5.69 Å². The zero-order valence-electron chi connectivity index (χ0n) is 16.8. The molecule has 0 aliphatic rings. The van der Waals surface area contributed by atoms with Crippen LogP contribution in [0.5, 0.6) is 0 Å². The zero-order valence-corrected chi connectivity index (χ0v) is 16.8. The Morgan fingerprint density at radius 1 is 1.00 bits per heavy atom. The van der Waals surface area contributed by atoms with Gasteiger partial charge in [-0.25, -0.2) is 4.68 Å². The topological polar surface area (TPSA) is 56.0 Å². The molecule has 0 aliphatic carbocycles. The first-order valence-electron chi connectivity index (χ1n) is 9.49. The third-order valence-electron chi connectivity index (χ3n) is 5.05. The molecule has 6 nitrogen and oxygen atoms in total. The summed E-state index contributed by atoms with van der Waals surface area (Å²) in [5.41, 5.74) is 4.93. The predicted molar refractivity (Wildman–Crippen MR) is 113 cm³/mol. The molecule has 0 saturated carbocycles. The number of hydrogen-bond acceptors (Lipinski definition) is 3. The van der Waals surface area contributed by atoms with Crippen LogP contribution in [0.2, 0.25) is 0 Å². The lowest BCUT2D eigenvalue weighted by atomic mass is 10.0. The van der Waals surface area contributed by atoms with E-state index in [9.17, 15) is 4.79 Å². The minimum Gasteiger partial charge on any atom is -0.336 e. The van der Waals surface area contributed by atoms with Crippen molar-refractivity contribution < 1.29 is 4.79 Å². The van der Waals surface area contributed by atoms with Crippen molar-refractivity contribution in [1.82, 2.24) is 24.5 Å². The molecule has 2 aromatic heterocycles. The molecule has 29 heavy (non-hydrogen) atoms. The van der Waals surface area contributed by atoms with Crippen LogP contribution in [-0.4, -0.2) is 37.4 Å². The van der Waals surface area contributed by atoms with Crippen LogP contribution in [-0.2, 0) is 13.6 Å². The van der Waals surface area contributed by atoms with Gasteiger partial charge in [0.15, 0.2) is 0 Å². The fourth-order valence-corrected chi connectivity index (χ4v) is 3.44. The minimum absolute atomic E-state index is 0.0651. The van der Waals surface area contributed by atoms with Crippen molar-refractivity contribution in [3.63, 3.8) is 0 Å². The molecule has 0 unspecified atom stereocenters. The summed E-state index contributed by atoms with van der Waals surface area (Å²) in [5.74, 6) is -0.0651. The molecular weight excluding hydrogens is 362 g/mol. The minimum atomic E-state index is -0.0651. The average molecular weight is 385 g/mol. The lowest BCUT2D eigenvalue weighted by molar-refractivity contribution is 0.0782. The first kappa shape index (κ1) is 18.7. The molecule has 0 bridgehead atoms. The molecule has 6 heteroatoms. The molecule has 0 fully saturated rings. The number of aromatic nitrogens is 4. The highest BCUT2D eigenvalue weighted by molar-refractivity contribution is 6.01. The molecule has 0 spiro atoms. The summed E-state index contributed by atoms with van der Waals surface area (Å²) in [4.78, 5) is 15.2. The van der Waals surface area contributed by atoms with E-state index in [1.54, 1.807) is 15.8 Å². The third kappa shape index (κ3) is 3.57. The van der Waals surface area contributed by atoms with Gasteiger partial charge in [-0.1, -0.05) is 48.5 Å². The number of carbonyl (C=O) groups is 1. The van der Waals surface area contributed by atoms with Gasteiger partial charge in [0.25, 0.3) is 5.91 Å². The number of para-hydroxylation sites is 1. The van der Waals surface area contributed by atoms with Crippen LogP contribution in [0.3, 0.4) is 0 Å². The highest BCUT2D eigenvalue weighted by Crippen LogP contribution is 2.28. The highest BCUT2D eigenvalue weighted by Gasteiger charge is 2.25. The zero-order chi connectivity index (χ0) is 20.4. The Morgan fingerprint density at radius 3 is 2.28 bits per heavy atom. The number of hydrogen-bond donors (Lipinski definition) is 0. The molecule has 2 heterocycles. The van der Waals surface area contributed by atoms with E-state index in [4.69, 9.17) is 5.10 Å². The van der Waals surface area contributed by atoms with Gasteiger partial charge in [-0.15, -0.1) is 0 Å². The highest BCUT2D eigenvalue weighted by atomic mass is 16.2. The molecule has 0 radical (unpaired) electrons. The Kier molecular flexibility index (Phi) is 4.99. The maximum absolute atomic E-state index is 13.5. The van der Waals surface area contributed by atoms with Crippen LogP contribution >= 0.6 is 0 Å². The Balaban J connectivity index is 1.79. The van der Waals surface area contributed by atoms with Crippen LogP contribution in [0.15, 0.2) is 72.9 Å². The van der Waals surface area contributed by atoms with Gasteiger partial charge in [-0.3, -0.25) is 9.48 Å². The normalized spacial score (nSPS) is 10.9. The van der Waals surface area contributed by atoms with Gasteiger partial charge < -0.3 is 4.90 Å². The van der Waals surface area contributed by atoms with Crippen LogP contribution in [0.25, 0.3) is 16.9 Å². The van der Waals surface area contributed by atoms with E-state index < -0.39 is 0 Å². The van der Waals surface area contributed by atoms with Gasteiger partial charge in [-0.2, -0.15) is 10.2 Å². The number of aryl methyl sites for hydroxylation is 1. The Labute approximate surface area is 170 Å². The first-order valence-corrected chi connectivity index (χ1v) is 9.49. The number of rotatable bonds is 5. The summed E-state index contributed by atoms with van der Waals surface area (Å²) in [6.45, 7) is 2.41. The lowest BCUT2D eigenvalue weighted by Gasteiger charge is -2.18. The fourth-order valence-electron chi connectivity index (χ4n) is 3.44. The van der Waals surface area contributed by atoms with E-state index in [2.05, 4.69) is 5.10 Å². The van der Waals surface area contributed by atoms with Crippen molar-refractivity contribution in [2.75, 3.05) is 7.05 Å². The maximum atomic E-state index is 13.5. The largest absolute Gasteiger partial charge is 0.336 e. The van der Waals surface area contributed by atoms with Gasteiger partial charge in [0, 0.05) is 25.9 Å². The molecule has 0 saturated heterocycles. The summed E-state index contributed by atoms with van der Waals surface area (Å²) in [6, 6.07) is 21.6. The second-order valence-electron chi connectivity index (χ2n) is 7.03. The monoisotopic (exact) mass is 385 g/mol. The van der Waals surface area contributed by atoms with Crippen LogP contribution in [0.1, 0.15) is 21.7 Å². The molecule has 4 rings (SSSR count). The van der Waals surface area contributed by atoms with Crippen molar-refractivity contribution >= 4 is 5.91 Å². The molecule has 0 aliphatic heterocycles. The number of nitrogens with zero attached hydrogens (tertiary/aromatic N) is 5. The number of benzene rings is 2. The summed E-state index contributed by atoms with van der Waals surface area (Å²) in [7, 11) is 3.69. The molecule has 0 N–H and O–H groups in total. The van der Waals surface area contributed by atoms with Crippen LogP contribution < -0.4 is 0 Å². The second kappa shape index (κ2) is 7.75. The summed E-state index contributed by atoms with van der Waals surface area (Å²) in [6.07, 6.45) is 1.74. The average Bonchev–Trinajstić information content (AvgIpc) is 3.31. The summed E-state index contributed by atoms with van der Waals surface area (Å²) < 4.78 is 3.62. The Hall–Kier alpha value is -3.67.